The third kappa shape index (κ3) is 5.40. The van der Waals surface area contributed by atoms with Gasteiger partial charge in [-0.15, -0.1) is 0 Å². The van der Waals surface area contributed by atoms with Crippen LogP contribution < -0.4 is 10.5 Å². The van der Waals surface area contributed by atoms with Crippen molar-refractivity contribution in [1.82, 2.24) is 19.6 Å². The topological polar surface area (TPSA) is 101 Å². The number of rotatable bonds is 7. The second-order valence-electron chi connectivity index (χ2n) is 5.49. The first-order valence-electron chi connectivity index (χ1n) is 6.45. The molecular formula is C12H23N5O2S. The van der Waals surface area contributed by atoms with E-state index >= 15 is 0 Å². The zero-order valence-corrected chi connectivity index (χ0v) is 13.2. The van der Waals surface area contributed by atoms with E-state index in [2.05, 4.69) is 28.5 Å². The van der Waals surface area contributed by atoms with Gasteiger partial charge in [-0.2, -0.15) is 0 Å². The summed E-state index contributed by atoms with van der Waals surface area (Å²) < 4.78 is 27.2. The van der Waals surface area contributed by atoms with E-state index in [-0.39, 0.29) is 16.9 Å². The number of aromatic nitrogens is 2. The lowest BCUT2D eigenvalue weighted by molar-refractivity contribution is 0.329. The fraction of sp³-hybridized carbons (Fsp3) is 0.667. The largest absolute Gasteiger partial charge is 0.368 e. The summed E-state index contributed by atoms with van der Waals surface area (Å²) in [5, 5.41) is 0. The van der Waals surface area contributed by atoms with Crippen molar-refractivity contribution >= 4 is 16.0 Å². The second kappa shape index (κ2) is 6.96. The van der Waals surface area contributed by atoms with Crippen molar-refractivity contribution in [2.45, 2.75) is 31.2 Å². The molecule has 0 aliphatic rings. The number of nitrogens with one attached hydrogen (secondary N) is 1. The van der Waals surface area contributed by atoms with Gasteiger partial charge in [-0.25, -0.2) is 23.1 Å². The van der Waals surface area contributed by atoms with Crippen molar-refractivity contribution in [3.05, 3.63) is 12.4 Å². The van der Waals surface area contributed by atoms with Crippen LogP contribution in [0.2, 0.25) is 0 Å². The quantitative estimate of drug-likeness (QED) is 0.752. The average Bonchev–Trinajstić information content (AvgIpc) is 2.26. The van der Waals surface area contributed by atoms with Crippen LogP contribution in [0.5, 0.6) is 0 Å². The highest BCUT2D eigenvalue weighted by atomic mass is 32.2. The first kappa shape index (κ1) is 16.8. The van der Waals surface area contributed by atoms with E-state index in [9.17, 15) is 8.42 Å². The first-order chi connectivity index (χ1) is 9.20. The van der Waals surface area contributed by atoms with Gasteiger partial charge >= 0.3 is 0 Å². The molecule has 0 radical (unpaired) electrons. The summed E-state index contributed by atoms with van der Waals surface area (Å²) in [5.74, 6) is 0.446. The highest BCUT2D eigenvalue weighted by Gasteiger charge is 2.22. The molecule has 0 fully saturated rings. The van der Waals surface area contributed by atoms with Crippen molar-refractivity contribution in [3.63, 3.8) is 0 Å². The van der Waals surface area contributed by atoms with Gasteiger partial charge in [0.15, 0.2) is 0 Å². The van der Waals surface area contributed by atoms with E-state index in [1.165, 1.54) is 12.4 Å². The molecule has 0 aliphatic carbocycles. The summed E-state index contributed by atoms with van der Waals surface area (Å²) in [6.45, 7) is 4.75. The second-order valence-corrected chi connectivity index (χ2v) is 7.20. The van der Waals surface area contributed by atoms with Gasteiger partial charge in [-0.3, -0.25) is 0 Å². The molecule has 7 nitrogen and oxygen atoms in total. The number of hydrogen-bond acceptors (Lipinski definition) is 6. The molecule has 0 aromatic carbocycles. The minimum atomic E-state index is -3.62. The molecule has 1 unspecified atom stereocenters. The van der Waals surface area contributed by atoms with Gasteiger partial charge in [0.25, 0.3) is 0 Å². The van der Waals surface area contributed by atoms with Gasteiger partial charge in [-0.05, 0) is 26.4 Å². The summed E-state index contributed by atoms with van der Waals surface area (Å²) >= 11 is 0. The van der Waals surface area contributed by atoms with Crippen LogP contribution in [0, 0.1) is 5.92 Å². The lowest BCUT2D eigenvalue weighted by Gasteiger charge is -2.23. The van der Waals surface area contributed by atoms with Crippen molar-refractivity contribution in [2.24, 2.45) is 5.92 Å². The molecule has 1 heterocycles. The number of nitrogen functional groups attached to an aromatic ring is 1. The summed E-state index contributed by atoms with van der Waals surface area (Å²) in [4.78, 5) is 9.40. The fourth-order valence-corrected chi connectivity index (χ4v) is 3.05. The van der Waals surface area contributed by atoms with Gasteiger partial charge in [0.2, 0.25) is 16.0 Å². The Morgan fingerprint density at radius 2 is 1.85 bits per heavy atom. The Balaban J connectivity index is 2.87. The number of nitrogens with two attached hydrogens (primary N) is 1. The van der Waals surface area contributed by atoms with E-state index in [4.69, 9.17) is 5.73 Å². The molecule has 8 heteroatoms. The molecule has 20 heavy (non-hydrogen) atoms. The van der Waals surface area contributed by atoms with Crippen LogP contribution in [0.3, 0.4) is 0 Å². The Morgan fingerprint density at radius 1 is 1.30 bits per heavy atom. The molecule has 0 saturated carbocycles. The third-order valence-electron chi connectivity index (χ3n) is 2.62. The zero-order valence-electron chi connectivity index (χ0n) is 12.4. The van der Waals surface area contributed by atoms with E-state index in [1.54, 1.807) is 0 Å². The van der Waals surface area contributed by atoms with Crippen LogP contribution in [0.25, 0.3) is 0 Å². The summed E-state index contributed by atoms with van der Waals surface area (Å²) in [7, 11) is 0.197. The van der Waals surface area contributed by atoms with Crippen molar-refractivity contribution in [2.75, 3.05) is 26.4 Å². The molecule has 0 amide bonds. The average molecular weight is 301 g/mol. The van der Waals surface area contributed by atoms with Gasteiger partial charge in [0.1, 0.15) is 4.90 Å². The summed E-state index contributed by atoms with van der Waals surface area (Å²) in [5.41, 5.74) is 5.36. The predicted molar refractivity (Wildman–Crippen MR) is 78.6 cm³/mol. The minimum Gasteiger partial charge on any atom is -0.368 e. The normalized spacial score (nSPS) is 13.9. The smallest absolute Gasteiger partial charge is 0.243 e. The molecular weight excluding hydrogens is 278 g/mol. The maximum Gasteiger partial charge on any atom is 0.243 e. The molecule has 114 valence electrons. The summed E-state index contributed by atoms with van der Waals surface area (Å²) in [6, 6.07) is -0.160. The molecule has 0 saturated heterocycles. The standard InChI is InChI=1S/C12H23N5O2S/c1-9(2)5-10(8-17(3)4)16-20(18,19)11-6-14-12(13)15-7-11/h6-7,9-10,16H,5,8H2,1-4H3,(H2,13,14,15). The first-order valence-corrected chi connectivity index (χ1v) is 7.93. The number of hydrogen-bond donors (Lipinski definition) is 2. The molecule has 1 rings (SSSR count). The van der Waals surface area contributed by atoms with Gasteiger partial charge in [-0.1, -0.05) is 13.8 Å². The van der Waals surface area contributed by atoms with E-state index < -0.39 is 10.0 Å². The van der Waals surface area contributed by atoms with E-state index in [0.717, 1.165) is 6.42 Å². The molecule has 1 aromatic heterocycles. The highest BCUT2D eigenvalue weighted by molar-refractivity contribution is 7.89. The van der Waals surface area contributed by atoms with Crippen LogP contribution in [0.15, 0.2) is 17.3 Å². The van der Waals surface area contributed by atoms with Crippen LogP contribution in [-0.2, 0) is 10.0 Å². The molecule has 0 aliphatic heterocycles. The summed E-state index contributed by atoms with van der Waals surface area (Å²) in [6.07, 6.45) is 3.19. The molecule has 0 spiro atoms. The Morgan fingerprint density at radius 3 is 2.30 bits per heavy atom. The molecule has 1 atom stereocenters. The SMILES string of the molecule is CC(C)CC(CN(C)C)NS(=O)(=O)c1cnc(N)nc1. The van der Waals surface area contributed by atoms with Crippen molar-refractivity contribution < 1.29 is 8.42 Å². The Kier molecular flexibility index (Phi) is 5.85. The Hall–Kier alpha value is -1.25. The van der Waals surface area contributed by atoms with Crippen molar-refractivity contribution in [3.8, 4) is 0 Å². The molecule has 3 N–H and O–H groups in total. The minimum absolute atomic E-state index is 0.0270. The van der Waals surface area contributed by atoms with Gasteiger partial charge < -0.3 is 10.6 Å². The number of sulfonamides is 1. The van der Waals surface area contributed by atoms with Gasteiger partial charge in [0, 0.05) is 12.6 Å². The fourth-order valence-electron chi connectivity index (χ4n) is 1.92. The maximum atomic E-state index is 12.3. The zero-order chi connectivity index (χ0) is 15.3. The predicted octanol–water partition coefficient (Wildman–Crippen LogP) is 0.313. The van der Waals surface area contributed by atoms with E-state index in [1.807, 2.05) is 19.0 Å². The Labute approximate surface area is 120 Å². The van der Waals surface area contributed by atoms with Crippen LogP contribution in [-0.4, -0.2) is 50.0 Å². The third-order valence-corrected chi connectivity index (χ3v) is 4.10. The Bertz CT molecular complexity index is 503. The van der Waals surface area contributed by atoms with Crippen molar-refractivity contribution in [1.29, 1.82) is 0 Å². The number of likely N-dealkylation sites (N-methyl/N-ethyl adjacent to an activating group) is 1. The van der Waals surface area contributed by atoms with Crippen LogP contribution in [0.4, 0.5) is 5.95 Å². The lowest BCUT2D eigenvalue weighted by atomic mass is 10.0. The lowest BCUT2D eigenvalue weighted by Crippen LogP contribution is -2.42. The highest BCUT2D eigenvalue weighted by Crippen LogP contribution is 2.11. The number of nitrogens with zero attached hydrogens (tertiary/aromatic N) is 3. The monoisotopic (exact) mass is 301 g/mol. The van der Waals surface area contributed by atoms with E-state index in [0.29, 0.717) is 12.5 Å². The van der Waals surface area contributed by atoms with Crippen LogP contribution in [0.1, 0.15) is 20.3 Å². The molecule has 0 bridgehead atoms. The van der Waals surface area contributed by atoms with Gasteiger partial charge in [0.05, 0.1) is 12.4 Å². The number of anilines is 1. The maximum absolute atomic E-state index is 12.3. The van der Waals surface area contributed by atoms with Crippen LogP contribution >= 0.6 is 0 Å². The molecule has 1 aromatic rings.